The third kappa shape index (κ3) is 3.75. The number of rotatable bonds is 2. The first kappa shape index (κ1) is 28.7. The number of aromatic nitrogens is 2. The first-order chi connectivity index (χ1) is 26.3. The Labute approximate surface area is 306 Å². The van der Waals surface area contributed by atoms with Crippen LogP contribution in [0.1, 0.15) is 22.3 Å². The zero-order chi connectivity index (χ0) is 34.7. The van der Waals surface area contributed by atoms with Crippen molar-refractivity contribution in [2.24, 2.45) is 0 Å². The third-order valence-electron chi connectivity index (χ3n) is 11.7. The van der Waals surface area contributed by atoms with E-state index < -0.39 is 5.41 Å². The van der Waals surface area contributed by atoms with Gasteiger partial charge in [0.1, 0.15) is 17.1 Å². The number of para-hydroxylation sites is 4. The summed E-state index contributed by atoms with van der Waals surface area (Å²) in [6.07, 6.45) is 0. The fourth-order valence-corrected chi connectivity index (χ4v) is 9.44. The number of hydrogen-bond donors (Lipinski definition) is 0. The van der Waals surface area contributed by atoms with Gasteiger partial charge in [-0.15, -0.1) is 0 Å². The molecule has 0 unspecified atom stereocenters. The molecule has 0 fully saturated rings. The summed E-state index contributed by atoms with van der Waals surface area (Å²) in [5.74, 6) is 1.81. The smallest absolute Gasteiger partial charge is 0.146 e. The molecule has 0 radical (unpaired) electrons. The number of fused-ring (bicyclic) bond motifs is 17. The molecule has 10 aromatic rings. The predicted octanol–water partition coefficient (Wildman–Crippen LogP) is 12.6. The van der Waals surface area contributed by atoms with E-state index in [1.807, 2.05) is 0 Å². The van der Waals surface area contributed by atoms with Crippen LogP contribution in [0.5, 0.6) is 11.5 Å². The van der Waals surface area contributed by atoms with Crippen molar-refractivity contribution in [2.45, 2.75) is 5.41 Å². The zero-order valence-electron chi connectivity index (χ0n) is 28.6. The number of benzene rings is 8. The lowest BCUT2D eigenvalue weighted by Crippen LogP contribution is -2.32. The van der Waals surface area contributed by atoms with E-state index in [1.165, 1.54) is 44.2 Å². The van der Waals surface area contributed by atoms with Crippen molar-refractivity contribution in [3.8, 4) is 44.9 Å². The van der Waals surface area contributed by atoms with Crippen molar-refractivity contribution in [3.05, 3.63) is 204 Å². The lowest BCUT2D eigenvalue weighted by molar-refractivity contribution is 0.438. The van der Waals surface area contributed by atoms with Crippen molar-refractivity contribution < 1.29 is 4.74 Å². The molecule has 246 valence electrons. The minimum atomic E-state index is -0.481. The van der Waals surface area contributed by atoms with Gasteiger partial charge in [0.05, 0.1) is 22.0 Å². The average molecular weight is 675 g/mol. The van der Waals surface area contributed by atoms with E-state index in [0.717, 1.165) is 61.3 Å². The average Bonchev–Trinajstić information content (AvgIpc) is 3.76. The van der Waals surface area contributed by atoms with E-state index in [4.69, 9.17) is 9.72 Å². The second-order valence-corrected chi connectivity index (χ2v) is 14.2. The van der Waals surface area contributed by atoms with E-state index in [-0.39, 0.29) is 0 Å². The maximum absolute atomic E-state index is 6.94. The molecular formula is C50H30N2O. The molecule has 0 atom stereocenters. The Balaban J connectivity index is 1.03. The molecule has 0 saturated carbocycles. The molecule has 0 N–H and O–H groups in total. The maximum Gasteiger partial charge on any atom is 0.146 e. The van der Waals surface area contributed by atoms with Gasteiger partial charge in [-0.25, -0.2) is 4.98 Å². The van der Waals surface area contributed by atoms with Crippen molar-refractivity contribution in [1.82, 2.24) is 9.38 Å². The number of pyridine rings is 1. The highest BCUT2D eigenvalue weighted by atomic mass is 16.5. The van der Waals surface area contributed by atoms with Gasteiger partial charge in [0.15, 0.2) is 0 Å². The number of ether oxygens (including phenoxy) is 1. The summed E-state index contributed by atoms with van der Waals surface area (Å²) >= 11 is 0. The van der Waals surface area contributed by atoms with Gasteiger partial charge in [-0.05, 0) is 68.6 Å². The molecule has 0 amide bonds. The Morgan fingerprint density at radius 3 is 1.83 bits per heavy atom. The summed E-state index contributed by atoms with van der Waals surface area (Å²) in [5, 5.41) is 3.59. The standard InChI is InChI=1S/C50H30N2O/c1-2-15-39-35(12-1)38-29-28-33(30-46(38)52-45-22-9-8-21-44(45)51-49(39)52)31-24-26-32(27-25-31)34-16-11-20-43-48(34)53-47-23-10-7-19-42(47)50(43)40-17-5-3-13-36(40)37-14-4-6-18-41(37)50/h1-30H. The molecule has 2 aromatic heterocycles. The van der Waals surface area contributed by atoms with Gasteiger partial charge in [0.25, 0.3) is 0 Å². The van der Waals surface area contributed by atoms with Gasteiger partial charge in [-0.2, -0.15) is 0 Å². The molecule has 3 nitrogen and oxygen atoms in total. The van der Waals surface area contributed by atoms with Crippen LogP contribution >= 0.6 is 0 Å². The number of hydrogen-bond acceptors (Lipinski definition) is 2. The fraction of sp³-hybridized carbons (Fsp3) is 0.0200. The number of nitrogens with zero attached hydrogens (tertiary/aromatic N) is 2. The van der Waals surface area contributed by atoms with E-state index in [0.29, 0.717) is 0 Å². The van der Waals surface area contributed by atoms with Crippen molar-refractivity contribution >= 4 is 38.4 Å². The Bertz CT molecular complexity index is 3110. The van der Waals surface area contributed by atoms with Crippen LogP contribution < -0.4 is 4.74 Å². The van der Waals surface area contributed by atoms with Crippen molar-refractivity contribution in [3.63, 3.8) is 0 Å². The second kappa shape index (κ2) is 10.5. The minimum Gasteiger partial charge on any atom is -0.456 e. The molecular weight excluding hydrogens is 645 g/mol. The second-order valence-electron chi connectivity index (χ2n) is 14.2. The van der Waals surface area contributed by atoms with E-state index in [1.54, 1.807) is 0 Å². The van der Waals surface area contributed by atoms with E-state index in [2.05, 4.69) is 186 Å². The minimum absolute atomic E-state index is 0.481. The van der Waals surface area contributed by atoms with Crippen LogP contribution in [0.4, 0.5) is 0 Å². The molecule has 1 aliphatic carbocycles. The molecule has 8 aromatic carbocycles. The van der Waals surface area contributed by atoms with Crippen LogP contribution in [0.25, 0.3) is 71.7 Å². The Hall–Kier alpha value is -6.97. The molecule has 1 spiro atoms. The first-order valence-electron chi connectivity index (χ1n) is 18.2. The van der Waals surface area contributed by atoms with Gasteiger partial charge in [0, 0.05) is 27.5 Å². The Morgan fingerprint density at radius 2 is 1.02 bits per heavy atom. The molecule has 0 saturated heterocycles. The Kier molecular flexibility index (Phi) is 5.70. The quantitative estimate of drug-likeness (QED) is 0.171. The summed E-state index contributed by atoms with van der Waals surface area (Å²) < 4.78 is 9.26. The third-order valence-corrected chi connectivity index (χ3v) is 11.7. The maximum atomic E-state index is 6.94. The lowest BCUT2D eigenvalue weighted by atomic mass is 9.65. The van der Waals surface area contributed by atoms with Gasteiger partial charge in [0.2, 0.25) is 0 Å². The van der Waals surface area contributed by atoms with Crippen molar-refractivity contribution in [1.29, 1.82) is 0 Å². The van der Waals surface area contributed by atoms with Crippen molar-refractivity contribution in [2.75, 3.05) is 0 Å². The summed E-state index contributed by atoms with van der Waals surface area (Å²) in [5.41, 5.74) is 15.8. The molecule has 3 heteroatoms. The van der Waals surface area contributed by atoms with Crippen LogP contribution in [0, 0.1) is 0 Å². The monoisotopic (exact) mass is 674 g/mol. The molecule has 0 bridgehead atoms. The highest BCUT2D eigenvalue weighted by molar-refractivity contribution is 6.14. The lowest BCUT2D eigenvalue weighted by Gasteiger charge is -2.40. The topological polar surface area (TPSA) is 26.5 Å². The molecule has 53 heavy (non-hydrogen) atoms. The summed E-state index contributed by atoms with van der Waals surface area (Å²) in [7, 11) is 0. The van der Waals surface area contributed by atoms with Gasteiger partial charge < -0.3 is 4.74 Å². The molecule has 2 aliphatic rings. The molecule has 3 heterocycles. The molecule has 12 rings (SSSR count). The summed E-state index contributed by atoms with van der Waals surface area (Å²) in [6.45, 7) is 0. The van der Waals surface area contributed by atoms with Crippen LogP contribution in [-0.4, -0.2) is 9.38 Å². The van der Waals surface area contributed by atoms with Crippen LogP contribution in [0.15, 0.2) is 182 Å². The zero-order valence-corrected chi connectivity index (χ0v) is 28.6. The first-order valence-corrected chi connectivity index (χ1v) is 18.2. The van der Waals surface area contributed by atoms with Crippen LogP contribution in [-0.2, 0) is 5.41 Å². The highest BCUT2D eigenvalue weighted by Crippen LogP contribution is 2.63. The van der Waals surface area contributed by atoms with Crippen LogP contribution in [0.3, 0.4) is 0 Å². The fourth-order valence-electron chi connectivity index (χ4n) is 9.44. The van der Waals surface area contributed by atoms with Gasteiger partial charge in [-0.3, -0.25) is 4.40 Å². The SMILES string of the molecule is c1ccc2c(c1)Oc1c(-c3ccc(-c4ccc5c6ccccc6c6nc7ccccc7n6c5c4)cc3)cccc1C21c2ccccc2-c2ccccc21. The van der Waals surface area contributed by atoms with Gasteiger partial charge >= 0.3 is 0 Å². The van der Waals surface area contributed by atoms with Crippen LogP contribution in [0.2, 0.25) is 0 Å². The Morgan fingerprint density at radius 1 is 0.415 bits per heavy atom. The summed E-state index contributed by atoms with van der Waals surface area (Å²) in [6, 6.07) is 65.8. The highest BCUT2D eigenvalue weighted by Gasteiger charge is 2.51. The van der Waals surface area contributed by atoms with E-state index >= 15 is 0 Å². The number of imidazole rings is 1. The summed E-state index contributed by atoms with van der Waals surface area (Å²) in [4.78, 5) is 5.09. The molecule has 1 aliphatic heterocycles. The normalized spacial score (nSPS) is 13.6. The van der Waals surface area contributed by atoms with E-state index in [9.17, 15) is 0 Å². The van der Waals surface area contributed by atoms with Gasteiger partial charge in [-0.1, -0.05) is 158 Å². The predicted molar refractivity (Wildman–Crippen MR) is 216 cm³/mol. The largest absolute Gasteiger partial charge is 0.456 e.